The summed E-state index contributed by atoms with van der Waals surface area (Å²) in [7, 11) is -3.83. The first kappa shape index (κ1) is 15.6. The van der Waals surface area contributed by atoms with Gasteiger partial charge in [-0.25, -0.2) is 0 Å². The van der Waals surface area contributed by atoms with Crippen LogP contribution >= 0.6 is 11.6 Å². The van der Waals surface area contributed by atoms with E-state index in [1.165, 1.54) is 0 Å². The molecule has 0 spiro atoms. The molecule has 0 unspecified atom stereocenters. The molecule has 5 nitrogen and oxygen atoms in total. The zero-order valence-electron chi connectivity index (χ0n) is 11.2. The van der Waals surface area contributed by atoms with E-state index in [0.29, 0.717) is 13.0 Å². The number of nitrogens with zero attached hydrogens (tertiary/aromatic N) is 2. The third-order valence-electron chi connectivity index (χ3n) is 3.44. The quantitative estimate of drug-likeness (QED) is 0.838. The summed E-state index contributed by atoms with van der Waals surface area (Å²) in [6.45, 7) is 4.32. The van der Waals surface area contributed by atoms with Gasteiger partial charge in [-0.05, 0) is 37.2 Å². The summed E-state index contributed by atoms with van der Waals surface area (Å²) in [4.78, 5) is 4.51. The molecule has 0 aliphatic carbocycles. The standard InChI is InChI=1S/C13H19ClN2O3S/c14-12-2-4-13(5-3-12)16-9-7-15(8-10-16)6-1-11-20(17,18)19/h2-5H,1,6-11H2,(H,17,18,19). The van der Waals surface area contributed by atoms with Crippen LogP contribution in [0.3, 0.4) is 0 Å². The van der Waals surface area contributed by atoms with Crippen molar-refractivity contribution in [2.45, 2.75) is 6.42 Å². The Labute approximate surface area is 124 Å². The van der Waals surface area contributed by atoms with Crippen LogP contribution < -0.4 is 4.90 Å². The summed E-state index contributed by atoms with van der Waals surface area (Å²) < 4.78 is 30.0. The zero-order valence-corrected chi connectivity index (χ0v) is 12.8. The molecular weight excluding hydrogens is 300 g/mol. The van der Waals surface area contributed by atoms with Gasteiger partial charge in [0.15, 0.2) is 0 Å². The van der Waals surface area contributed by atoms with Gasteiger partial charge in [0.25, 0.3) is 10.1 Å². The second-order valence-corrected chi connectivity index (χ2v) is 6.95. The van der Waals surface area contributed by atoms with E-state index in [1.54, 1.807) is 0 Å². The van der Waals surface area contributed by atoms with Crippen LogP contribution in [0.1, 0.15) is 6.42 Å². The molecule has 20 heavy (non-hydrogen) atoms. The van der Waals surface area contributed by atoms with Crippen molar-refractivity contribution in [3.05, 3.63) is 29.3 Å². The number of benzene rings is 1. The van der Waals surface area contributed by atoms with Crippen molar-refractivity contribution in [3.63, 3.8) is 0 Å². The van der Waals surface area contributed by atoms with Crippen molar-refractivity contribution in [3.8, 4) is 0 Å². The van der Waals surface area contributed by atoms with Gasteiger partial charge in [-0.1, -0.05) is 11.6 Å². The van der Waals surface area contributed by atoms with Crippen LogP contribution in [-0.2, 0) is 10.1 Å². The molecule has 1 aromatic rings. The highest BCUT2D eigenvalue weighted by Gasteiger charge is 2.17. The average molecular weight is 319 g/mol. The van der Waals surface area contributed by atoms with Crippen LogP contribution in [-0.4, -0.2) is 56.3 Å². The molecule has 1 fully saturated rings. The van der Waals surface area contributed by atoms with E-state index in [-0.39, 0.29) is 5.75 Å². The summed E-state index contributed by atoms with van der Waals surface area (Å²) in [5.74, 6) is -0.162. The van der Waals surface area contributed by atoms with Gasteiger partial charge >= 0.3 is 0 Å². The molecule has 1 aliphatic rings. The average Bonchev–Trinajstić information content (AvgIpc) is 2.39. The summed E-state index contributed by atoms with van der Waals surface area (Å²) in [6.07, 6.45) is 0.472. The van der Waals surface area contributed by atoms with Gasteiger partial charge in [0.2, 0.25) is 0 Å². The fourth-order valence-electron chi connectivity index (χ4n) is 2.35. The third kappa shape index (κ3) is 4.94. The van der Waals surface area contributed by atoms with Crippen molar-refractivity contribution in [1.82, 2.24) is 4.90 Å². The normalized spacial score (nSPS) is 17.4. The van der Waals surface area contributed by atoms with Crippen LogP contribution in [0.25, 0.3) is 0 Å². The minimum atomic E-state index is -3.83. The fourth-order valence-corrected chi connectivity index (χ4v) is 2.97. The highest BCUT2D eigenvalue weighted by atomic mass is 35.5. The number of hydrogen-bond donors (Lipinski definition) is 1. The number of anilines is 1. The molecule has 1 heterocycles. The molecule has 0 atom stereocenters. The van der Waals surface area contributed by atoms with E-state index >= 15 is 0 Å². The van der Waals surface area contributed by atoms with Gasteiger partial charge in [-0.2, -0.15) is 8.42 Å². The van der Waals surface area contributed by atoms with E-state index in [2.05, 4.69) is 9.80 Å². The van der Waals surface area contributed by atoms with E-state index in [1.807, 2.05) is 24.3 Å². The summed E-state index contributed by atoms with van der Waals surface area (Å²) in [6, 6.07) is 7.79. The summed E-state index contributed by atoms with van der Waals surface area (Å²) in [5, 5.41) is 0.734. The highest BCUT2D eigenvalue weighted by molar-refractivity contribution is 7.85. The molecule has 0 radical (unpaired) electrons. The molecule has 0 bridgehead atoms. The number of rotatable bonds is 5. The van der Waals surface area contributed by atoms with Gasteiger partial charge in [0, 0.05) is 36.9 Å². The lowest BCUT2D eigenvalue weighted by Crippen LogP contribution is -2.46. The third-order valence-corrected chi connectivity index (χ3v) is 4.50. The fraction of sp³-hybridized carbons (Fsp3) is 0.538. The first-order valence-corrected chi connectivity index (χ1v) is 8.61. The monoisotopic (exact) mass is 318 g/mol. The molecule has 1 saturated heterocycles. The number of hydrogen-bond acceptors (Lipinski definition) is 4. The molecule has 1 aliphatic heterocycles. The molecule has 112 valence electrons. The molecule has 1 aromatic carbocycles. The Kier molecular flexibility index (Phi) is 5.26. The SMILES string of the molecule is O=S(=O)(O)CCCN1CCN(c2ccc(Cl)cc2)CC1. The molecular formula is C13H19ClN2O3S. The zero-order chi connectivity index (χ0) is 14.6. The van der Waals surface area contributed by atoms with Crippen LogP contribution in [0, 0.1) is 0 Å². The summed E-state index contributed by atoms with van der Waals surface area (Å²) in [5.41, 5.74) is 1.16. The van der Waals surface area contributed by atoms with Gasteiger partial charge in [0.05, 0.1) is 5.75 Å². The van der Waals surface area contributed by atoms with Gasteiger partial charge in [-0.3, -0.25) is 9.45 Å². The Balaban J connectivity index is 1.76. The van der Waals surface area contributed by atoms with Gasteiger partial charge in [0.1, 0.15) is 0 Å². The van der Waals surface area contributed by atoms with E-state index in [9.17, 15) is 8.42 Å². The van der Waals surface area contributed by atoms with E-state index in [4.69, 9.17) is 16.2 Å². The highest BCUT2D eigenvalue weighted by Crippen LogP contribution is 2.19. The maximum Gasteiger partial charge on any atom is 0.264 e. The van der Waals surface area contributed by atoms with Crippen LogP contribution in [0.15, 0.2) is 24.3 Å². The van der Waals surface area contributed by atoms with E-state index in [0.717, 1.165) is 36.9 Å². The molecule has 1 N–H and O–H groups in total. The van der Waals surface area contributed by atoms with Gasteiger partial charge < -0.3 is 4.90 Å². The van der Waals surface area contributed by atoms with Crippen molar-refractivity contribution in [1.29, 1.82) is 0 Å². The van der Waals surface area contributed by atoms with Crippen molar-refractivity contribution >= 4 is 27.4 Å². The molecule has 0 aromatic heterocycles. The maximum absolute atomic E-state index is 10.7. The Morgan fingerprint density at radius 1 is 1.10 bits per heavy atom. The van der Waals surface area contributed by atoms with Crippen LogP contribution in [0.4, 0.5) is 5.69 Å². The lowest BCUT2D eigenvalue weighted by atomic mass is 10.2. The van der Waals surface area contributed by atoms with Crippen molar-refractivity contribution in [2.24, 2.45) is 0 Å². The number of piperazine rings is 1. The van der Waals surface area contributed by atoms with Crippen LogP contribution in [0.5, 0.6) is 0 Å². The topological polar surface area (TPSA) is 60.9 Å². The maximum atomic E-state index is 10.7. The van der Waals surface area contributed by atoms with E-state index < -0.39 is 10.1 Å². The lowest BCUT2D eigenvalue weighted by Gasteiger charge is -2.36. The Hall–Kier alpha value is -0.820. The Bertz CT molecular complexity index is 525. The first-order chi connectivity index (χ1) is 9.44. The van der Waals surface area contributed by atoms with Crippen molar-refractivity contribution < 1.29 is 13.0 Å². The second kappa shape index (κ2) is 6.76. The molecule has 7 heteroatoms. The minimum Gasteiger partial charge on any atom is -0.369 e. The molecule has 0 amide bonds. The minimum absolute atomic E-state index is 0.162. The second-order valence-electron chi connectivity index (χ2n) is 4.94. The summed E-state index contributed by atoms with van der Waals surface area (Å²) >= 11 is 5.87. The van der Waals surface area contributed by atoms with Crippen molar-refractivity contribution in [2.75, 3.05) is 43.4 Å². The Morgan fingerprint density at radius 3 is 2.25 bits per heavy atom. The largest absolute Gasteiger partial charge is 0.369 e. The number of halogens is 1. The van der Waals surface area contributed by atoms with Gasteiger partial charge in [-0.15, -0.1) is 0 Å². The predicted octanol–water partition coefficient (Wildman–Crippen LogP) is 1.74. The molecule has 0 saturated carbocycles. The predicted molar refractivity (Wildman–Crippen MR) is 81.1 cm³/mol. The Morgan fingerprint density at radius 2 is 1.70 bits per heavy atom. The smallest absolute Gasteiger partial charge is 0.264 e. The first-order valence-electron chi connectivity index (χ1n) is 6.62. The molecule has 2 rings (SSSR count). The lowest BCUT2D eigenvalue weighted by molar-refractivity contribution is 0.258. The van der Waals surface area contributed by atoms with Crippen LogP contribution in [0.2, 0.25) is 5.02 Å².